The van der Waals surface area contributed by atoms with Gasteiger partial charge in [-0.15, -0.1) is 0 Å². The average Bonchev–Trinajstić information content (AvgIpc) is 2.44. The number of carbonyl (C=O) groups is 2. The van der Waals surface area contributed by atoms with E-state index in [0.717, 1.165) is 38.5 Å². The van der Waals surface area contributed by atoms with Crippen molar-refractivity contribution in [3.63, 3.8) is 0 Å². The molecule has 114 valence electrons. The van der Waals surface area contributed by atoms with Gasteiger partial charge >= 0.3 is 0 Å². The van der Waals surface area contributed by atoms with E-state index in [1.807, 2.05) is 4.90 Å². The summed E-state index contributed by atoms with van der Waals surface area (Å²) in [4.78, 5) is 26.7. The Balaban J connectivity index is 2.04. The van der Waals surface area contributed by atoms with Gasteiger partial charge in [-0.25, -0.2) is 0 Å². The highest BCUT2D eigenvalue weighted by atomic mass is 16.2. The first-order valence-corrected chi connectivity index (χ1v) is 8.21. The topological polar surface area (TPSA) is 49.4 Å². The first-order chi connectivity index (χ1) is 9.59. The molecule has 1 spiro atoms. The molecule has 1 unspecified atom stereocenters. The van der Waals surface area contributed by atoms with Gasteiger partial charge in [-0.3, -0.25) is 9.59 Å². The molecule has 1 saturated carbocycles. The molecule has 0 aromatic carbocycles. The summed E-state index contributed by atoms with van der Waals surface area (Å²) in [5.41, 5.74) is -0.577. The zero-order valence-electron chi connectivity index (χ0n) is 12.9. The van der Waals surface area contributed by atoms with Crippen molar-refractivity contribution in [1.29, 1.82) is 0 Å². The number of nitrogens with one attached hydrogen (secondary N) is 1. The van der Waals surface area contributed by atoms with Crippen LogP contribution in [0.5, 0.6) is 0 Å². The van der Waals surface area contributed by atoms with Crippen molar-refractivity contribution < 1.29 is 9.59 Å². The predicted octanol–water partition coefficient (Wildman–Crippen LogP) is 2.62. The Labute approximate surface area is 122 Å². The fraction of sp³-hybridized carbons (Fsp3) is 0.875. The smallest absolute Gasteiger partial charge is 0.249 e. The second kappa shape index (κ2) is 6.59. The summed E-state index contributed by atoms with van der Waals surface area (Å²) in [6.45, 7) is 4.51. The predicted molar refractivity (Wildman–Crippen MR) is 79.3 cm³/mol. The maximum atomic E-state index is 12.8. The largest absolute Gasteiger partial charge is 0.340 e. The van der Waals surface area contributed by atoms with Gasteiger partial charge in [0.15, 0.2) is 0 Å². The van der Waals surface area contributed by atoms with Crippen molar-refractivity contribution in [2.45, 2.75) is 83.2 Å². The number of hydrogen-bond donors (Lipinski definition) is 1. The second-order valence-electron chi connectivity index (χ2n) is 6.47. The van der Waals surface area contributed by atoms with Gasteiger partial charge in [0.2, 0.25) is 11.8 Å². The summed E-state index contributed by atoms with van der Waals surface area (Å²) in [6, 6.07) is 0.180. The fourth-order valence-corrected chi connectivity index (χ4v) is 3.56. The molecule has 20 heavy (non-hydrogen) atoms. The van der Waals surface area contributed by atoms with Gasteiger partial charge in [0.25, 0.3) is 0 Å². The number of piperazine rings is 1. The molecule has 2 aliphatic rings. The first-order valence-electron chi connectivity index (χ1n) is 8.21. The third-order valence-corrected chi connectivity index (χ3v) is 4.83. The molecule has 4 nitrogen and oxygen atoms in total. The molecule has 2 rings (SSSR count). The van der Waals surface area contributed by atoms with Crippen LogP contribution in [0, 0.1) is 0 Å². The van der Waals surface area contributed by atoms with Gasteiger partial charge < -0.3 is 10.2 Å². The molecule has 1 N–H and O–H groups in total. The summed E-state index contributed by atoms with van der Waals surface area (Å²) in [5, 5.41) is 3.00. The first kappa shape index (κ1) is 15.3. The number of nitrogens with zero attached hydrogens (tertiary/aromatic N) is 1. The SMILES string of the molecule is CCCCCC(C)N1CC(=O)NC2(CCCCC2)C1=O. The normalized spacial score (nSPS) is 23.8. The van der Waals surface area contributed by atoms with Gasteiger partial charge in [0.1, 0.15) is 5.54 Å². The van der Waals surface area contributed by atoms with E-state index in [2.05, 4.69) is 19.2 Å². The van der Waals surface area contributed by atoms with Gasteiger partial charge in [-0.05, 0) is 26.2 Å². The van der Waals surface area contributed by atoms with Gasteiger partial charge in [-0.2, -0.15) is 0 Å². The maximum Gasteiger partial charge on any atom is 0.249 e. The molecule has 1 atom stereocenters. The molecular weight excluding hydrogens is 252 g/mol. The number of unbranched alkanes of at least 4 members (excludes halogenated alkanes) is 2. The highest BCUT2D eigenvalue weighted by Gasteiger charge is 2.47. The minimum atomic E-state index is -0.577. The summed E-state index contributed by atoms with van der Waals surface area (Å²) < 4.78 is 0. The summed E-state index contributed by atoms with van der Waals surface area (Å²) in [6.07, 6.45) is 9.42. The van der Waals surface area contributed by atoms with Gasteiger partial charge in [-0.1, -0.05) is 45.4 Å². The van der Waals surface area contributed by atoms with Crippen molar-refractivity contribution in [3.8, 4) is 0 Å². The Morgan fingerprint density at radius 3 is 2.55 bits per heavy atom. The molecule has 2 fully saturated rings. The average molecular weight is 280 g/mol. The van der Waals surface area contributed by atoms with Crippen molar-refractivity contribution in [3.05, 3.63) is 0 Å². The number of hydrogen-bond acceptors (Lipinski definition) is 2. The van der Waals surface area contributed by atoms with Crippen molar-refractivity contribution in [1.82, 2.24) is 10.2 Å². The molecule has 1 aliphatic heterocycles. The van der Waals surface area contributed by atoms with E-state index in [1.54, 1.807) is 0 Å². The van der Waals surface area contributed by atoms with E-state index in [-0.39, 0.29) is 24.4 Å². The highest BCUT2D eigenvalue weighted by molar-refractivity contribution is 5.98. The molecule has 1 aliphatic carbocycles. The van der Waals surface area contributed by atoms with Crippen molar-refractivity contribution in [2.75, 3.05) is 6.54 Å². The van der Waals surface area contributed by atoms with Crippen LogP contribution in [-0.2, 0) is 9.59 Å². The zero-order chi connectivity index (χ0) is 14.6. The minimum Gasteiger partial charge on any atom is -0.340 e. The van der Waals surface area contributed by atoms with Crippen LogP contribution in [0.15, 0.2) is 0 Å². The Hall–Kier alpha value is -1.06. The third kappa shape index (κ3) is 3.15. The molecule has 2 amide bonds. The Bertz CT molecular complexity index is 361. The van der Waals surface area contributed by atoms with Gasteiger partial charge in [0.05, 0.1) is 6.54 Å². The van der Waals surface area contributed by atoms with Crippen LogP contribution in [0.1, 0.15) is 71.6 Å². The van der Waals surface area contributed by atoms with Crippen molar-refractivity contribution in [2.24, 2.45) is 0 Å². The zero-order valence-corrected chi connectivity index (χ0v) is 12.9. The van der Waals surface area contributed by atoms with Crippen molar-refractivity contribution >= 4 is 11.8 Å². The quantitative estimate of drug-likeness (QED) is 0.787. The lowest BCUT2D eigenvalue weighted by Crippen LogP contribution is -2.68. The molecule has 0 radical (unpaired) electrons. The summed E-state index contributed by atoms with van der Waals surface area (Å²) in [7, 11) is 0. The van der Waals surface area contributed by atoms with Crippen LogP contribution in [-0.4, -0.2) is 34.8 Å². The van der Waals surface area contributed by atoms with Crippen LogP contribution in [0.4, 0.5) is 0 Å². The molecular formula is C16H28N2O2. The second-order valence-corrected chi connectivity index (χ2v) is 6.47. The Morgan fingerprint density at radius 1 is 1.20 bits per heavy atom. The molecule has 0 bridgehead atoms. The molecule has 4 heteroatoms. The molecule has 1 heterocycles. The van der Waals surface area contributed by atoms with Crippen LogP contribution < -0.4 is 5.32 Å². The lowest BCUT2D eigenvalue weighted by molar-refractivity contribution is -0.153. The standard InChI is InChI=1S/C16H28N2O2/c1-3-4-6-9-13(2)18-12-14(19)17-16(15(18)20)10-7-5-8-11-16/h13H,3-12H2,1-2H3,(H,17,19). The van der Waals surface area contributed by atoms with Crippen LogP contribution in [0.2, 0.25) is 0 Å². The lowest BCUT2D eigenvalue weighted by Gasteiger charge is -2.46. The van der Waals surface area contributed by atoms with E-state index in [9.17, 15) is 9.59 Å². The minimum absolute atomic E-state index is 0.0221. The fourth-order valence-electron chi connectivity index (χ4n) is 3.56. The number of rotatable bonds is 5. The van der Waals surface area contributed by atoms with Crippen LogP contribution >= 0.6 is 0 Å². The van der Waals surface area contributed by atoms with Gasteiger partial charge in [0, 0.05) is 6.04 Å². The summed E-state index contributed by atoms with van der Waals surface area (Å²) in [5.74, 6) is 0.189. The lowest BCUT2D eigenvalue weighted by atomic mass is 9.79. The monoisotopic (exact) mass is 280 g/mol. The molecule has 0 aromatic rings. The van der Waals surface area contributed by atoms with E-state index in [0.29, 0.717) is 0 Å². The number of amides is 2. The van der Waals surface area contributed by atoms with E-state index >= 15 is 0 Å². The van der Waals surface area contributed by atoms with E-state index in [4.69, 9.17) is 0 Å². The molecule has 1 saturated heterocycles. The third-order valence-electron chi connectivity index (χ3n) is 4.83. The number of carbonyl (C=O) groups excluding carboxylic acids is 2. The Kier molecular flexibility index (Phi) is 5.06. The van der Waals surface area contributed by atoms with Crippen LogP contribution in [0.3, 0.4) is 0 Å². The maximum absolute atomic E-state index is 12.8. The van der Waals surface area contributed by atoms with E-state index < -0.39 is 5.54 Å². The molecule has 0 aromatic heterocycles. The highest BCUT2D eigenvalue weighted by Crippen LogP contribution is 2.33. The Morgan fingerprint density at radius 2 is 1.90 bits per heavy atom. The van der Waals surface area contributed by atoms with E-state index in [1.165, 1.54) is 19.3 Å². The summed E-state index contributed by atoms with van der Waals surface area (Å²) >= 11 is 0. The van der Waals surface area contributed by atoms with Crippen LogP contribution in [0.25, 0.3) is 0 Å².